The molecule has 1 N–H and O–H groups in total. The summed E-state index contributed by atoms with van der Waals surface area (Å²) in [5.41, 5.74) is 1.15. The summed E-state index contributed by atoms with van der Waals surface area (Å²) in [7, 11) is 4.00. The summed E-state index contributed by atoms with van der Waals surface area (Å²) < 4.78 is 2.04. The van der Waals surface area contributed by atoms with Crippen LogP contribution in [0.15, 0.2) is 53.7 Å². The number of anilines is 1. The summed E-state index contributed by atoms with van der Waals surface area (Å²) in [6.45, 7) is 2.68. The molecule has 3 aromatic rings. The van der Waals surface area contributed by atoms with Crippen molar-refractivity contribution in [3.05, 3.63) is 75.1 Å². The van der Waals surface area contributed by atoms with Crippen LogP contribution in [0.2, 0.25) is 5.02 Å². The number of nitro benzene ring substituents is 1. The van der Waals surface area contributed by atoms with Crippen LogP contribution in [0.25, 0.3) is 0 Å². The molecule has 0 aliphatic rings. The lowest BCUT2D eigenvalue weighted by Crippen LogP contribution is -2.23. The standard InChI is InChI=1S/C22H25ClN6O3S/c1-4-18(27(2)3)21-25-26-22(28(21)13-15-8-6-5-7-9-15)33-14-20(30)24-16-10-11-17(23)19(12-16)29(31)32/h5-12,18H,4,13-14H2,1-3H3,(H,24,30). The van der Waals surface area contributed by atoms with Gasteiger partial charge in [-0.1, -0.05) is 60.6 Å². The van der Waals surface area contributed by atoms with Crippen molar-refractivity contribution in [3.8, 4) is 0 Å². The average molecular weight is 489 g/mol. The van der Waals surface area contributed by atoms with E-state index in [4.69, 9.17) is 11.6 Å². The number of nitro groups is 1. The minimum absolute atomic E-state index is 0.0142. The van der Waals surface area contributed by atoms with Crippen LogP contribution in [0.4, 0.5) is 11.4 Å². The fourth-order valence-corrected chi connectivity index (χ4v) is 4.34. The Bertz CT molecular complexity index is 1120. The number of benzene rings is 2. The van der Waals surface area contributed by atoms with Gasteiger partial charge in [-0.2, -0.15) is 0 Å². The number of amides is 1. The van der Waals surface area contributed by atoms with Crippen molar-refractivity contribution in [1.29, 1.82) is 0 Å². The highest BCUT2D eigenvalue weighted by atomic mass is 35.5. The highest BCUT2D eigenvalue weighted by Gasteiger charge is 2.23. The molecule has 174 valence electrons. The molecule has 0 fully saturated rings. The summed E-state index contributed by atoms with van der Waals surface area (Å²) >= 11 is 7.10. The average Bonchev–Trinajstić information content (AvgIpc) is 3.16. The molecular weight excluding hydrogens is 464 g/mol. The smallest absolute Gasteiger partial charge is 0.289 e. The number of hydrogen-bond donors (Lipinski definition) is 1. The molecule has 1 aromatic heterocycles. The maximum atomic E-state index is 12.5. The third-order valence-corrected chi connectivity index (χ3v) is 6.28. The van der Waals surface area contributed by atoms with E-state index in [1.54, 1.807) is 0 Å². The van der Waals surface area contributed by atoms with Gasteiger partial charge in [-0.15, -0.1) is 10.2 Å². The van der Waals surface area contributed by atoms with Crippen LogP contribution in [-0.4, -0.2) is 50.3 Å². The molecule has 0 radical (unpaired) electrons. The Morgan fingerprint density at radius 3 is 2.61 bits per heavy atom. The van der Waals surface area contributed by atoms with E-state index in [2.05, 4.69) is 27.3 Å². The minimum atomic E-state index is -0.588. The Kier molecular flexibility index (Phi) is 8.43. The Morgan fingerprint density at radius 1 is 1.24 bits per heavy atom. The van der Waals surface area contributed by atoms with Gasteiger partial charge in [-0.25, -0.2) is 0 Å². The highest BCUT2D eigenvalue weighted by Crippen LogP contribution is 2.28. The van der Waals surface area contributed by atoms with Crippen molar-refractivity contribution in [2.24, 2.45) is 0 Å². The van der Waals surface area contributed by atoms with E-state index in [1.807, 2.05) is 49.0 Å². The van der Waals surface area contributed by atoms with Crippen molar-refractivity contribution in [3.63, 3.8) is 0 Å². The number of rotatable bonds is 10. The first kappa shape index (κ1) is 24.7. The van der Waals surface area contributed by atoms with Crippen LogP contribution in [-0.2, 0) is 11.3 Å². The fraction of sp³-hybridized carbons (Fsp3) is 0.318. The second-order valence-corrected chi connectivity index (χ2v) is 8.91. The van der Waals surface area contributed by atoms with Crippen molar-refractivity contribution in [1.82, 2.24) is 19.7 Å². The molecule has 2 aromatic carbocycles. The van der Waals surface area contributed by atoms with Gasteiger partial charge in [0.2, 0.25) is 5.91 Å². The van der Waals surface area contributed by atoms with Crippen LogP contribution in [0.5, 0.6) is 0 Å². The molecular formula is C22H25ClN6O3S. The van der Waals surface area contributed by atoms with E-state index in [9.17, 15) is 14.9 Å². The normalized spacial score (nSPS) is 12.0. The Balaban J connectivity index is 1.77. The first-order valence-corrected chi connectivity index (χ1v) is 11.7. The summed E-state index contributed by atoms with van der Waals surface area (Å²) in [5.74, 6) is 0.594. The Labute approximate surface area is 201 Å². The summed E-state index contributed by atoms with van der Waals surface area (Å²) in [6, 6.07) is 14.2. The number of nitrogens with one attached hydrogen (secondary N) is 1. The topological polar surface area (TPSA) is 106 Å². The van der Waals surface area contributed by atoms with Crippen molar-refractivity contribution in [2.45, 2.75) is 31.1 Å². The molecule has 1 amide bonds. The first-order valence-electron chi connectivity index (χ1n) is 10.3. The first-order chi connectivity index (χ1) is 15.8. The van der Waals surface area contributed by atoms with Crippen LogP contribution >= 0.6 is 23.4 Å². The number of thioether (sulfide) groups is 1. The highest BCUT2D eigenvalue weighted by molar-refractivity contribution is 7.99. The maximum absolute atomic E-state index is 12.5. The molecule has 1 unspecified atom stereocenters. The second kappa shape index (κ2) is 11.3. The van der Waals surface area contributed by atoms with Crippen LogP contribution in [0, 0.1) is 10.1 Å². The van der Waals surface area contributed by atoms with E-state index in [0.717, 1.165) is 17.8 Å². The molecule has 0 saturated heterocycles. The molecule has 0 spiro atoms. The molecule has 9 nitrogen and oxygen atoms in total. The maximum Gasteiger partial charge on any atom is 0.289 e. The van der Waals surface area contributed by atoms with Gasteiger partial charge in [0.05, 0.1) is 23.3 Å². The molecule has 0 aliphatic heterocycles. The predicted octanol–water partition coefficient (Wildman–Crippen LogP) is 4.63. The summed E-state index contributed by atoms with van der Waals surface area (Å²) in [6.07, 6.45) is 0.862. The van der Waals surface area contributed by atoms with Crippen LogP contribution in [0.3, 0.4) is 0 Å². The van der Waals surface area contributed by atoms with E-state index < -0.39 is 4.92 Å². The number of carbonyl (C=O) groups is 1. The predicted molar refractivity (Wildman–Crippen MR) is 130 cm³/mol. The minimum Gasteiger partial charge on any atom is -0.325 e. The van der Waals surface area contributed by atoms with Gasteiger partial charge in [0.25, 0.3) is 5.69 Å². The van der Waals surface area contributed by atoms with Gasteiger partial charge in [0.1, 0.15) is 5.02 Å². The fourth-order valence-electron chi connectivity index (χ4n) is 3.40. The summed E-state index contributed by atoms with van der Waals surface area (Å²) in [5, 5.41) is 23.2. The lowest BCUT2D eigenvalue weighted by molar-refractivity contribution is -0.384. The lowest BCUT2D eigenvalue weighted by Gasteiger charge is -2.23. The van der Waals surface area contributed by atoms with Gasteiger partial charge in [0, 0.05) is 11.8 Å². The second-order valence-electron chi connectivity index (χ2n) is 7.56. The molecule has 1 atom stereocenters. The third kappa shape index (κ3) is 6.31. The zero-order chi connectivity index (χ0) is 24.0. The van der Waals surface area contributed by atoms with Gasteiger partial charge in [0.15, 0.2) is 11.0 Å². The zero-order valence-corrected chi connectivity index (χ0v) is 20.1. The largest absolute Gasteiger partial charge is 0.325 e. The van der Waals surface area contributed by atoms with Gasteiger partial charge >= 0.3 is 0 Å². The molecule has 1 heterocycles. The van der Waals surface area contributed by atoms with E-state index in [-0.39, 0.29) is 28.4 Å². The number of aromatic nitrogens is 3. The molecule has 3 rings (SSSR count). The van der Waals surface area contributed by atoms with Crippen molar-refractivity contribution in [2.75, 3.05) is 25.2 Å². The Morgan fingerprint density at radius 2 is 1.97 bits per heavy atom. The van der Waals surface area contributed by atoms with E-state index in [0.29, 0.717) is 17.4 Å². The Hall–Kier alpha value is -2.95. The lowest BCUT2D eigenvalue weighted by atomic mass is 10.2. The van der Waals surface area contributed by atoms with Gasteiger partial charge in [-0.05, 0) is 38.2 Å². The van der Waals surface area contributed by atoms with Gasteiger partial charge < -0.3 is 9.88 Å². The zero-order valence-electron chi connectivity index (χ0n) is 18.6. The third-order valence-electron chi connectivity index (χ3n) is 5.00. The number of nitrogens with zero attached hydrogens (tertiary/aromatic N) is 5. The number of hydrogen-bond acceptors (Lipinski definition) is 7. The monoisotopic (exact) mass is 488 g/mol. The molecule has 0 bridgehead atoms. The van der Waals surface area contributed by atoms with E-state index >= 15 is 0 Å². The van der Waals surface area contributed by atoms with Crippen molar-refractivity contribution >= 4 is 40.6 Å². The number of halogens is 1. The number of carbonyl (C=O) groups excluding carboxylic acids is 1. The van der Waals surface area contributed by atoms with Crippen molar-refractivity contribution < 1.29 is 9.72 Å². The summed E-state index contributed by atoms with van der Waals surface area (Å²) in [4.78, 5) is 25.1. The molecule has 11 heteroatoms. The van der Waals surface area contributed by atoms with Crippen LogP contribution < -0.4 is 5.32 Å². The molecule has 0 saturated carbocycles. The van der Waals surface area contributed by atoms with Gasteiger partial charge in [-0.3, -0.25) is 19.8 Å². The van der Waals surface area contributed by atoms with E-state index in [1.165, 1.54) is 30.0 Å². The SMILES string of the molecule is CCC(c1nnc(SCC(=O)Nc2ccc(Cl)c([N+](=O)[O-])c2)n1Cc1ccccc1)N(C)C. The molecule has 0 aliphatic carbocycles. The van der Waals surface area contributed by atoms with Crippen LogP contribution in [0.1, 0.15) is 30.8 Å². The quantitative estimate of drug-likeness (QED) is 0.252. The molecule has 33 heavy (non-hydrogen) atoms.